The Morgan fingerprint density at radius 3 is 2.52 bits per heavy atom. The second-order valence-corrected chi connectivity index (χ2v) is 7.13. The zero-order valence-electron chi connectivity index (χ0n) is 11.4. The smallest absolute Gasteiger partial charge is 0.276 e. The first-order chi connectivity index (χ1) is 9.79. The lowest BCUT2D eigenvalue weighted by Gasteiger charge is -2.43. The number of carbonyl (C=O) groups excluding carboxylic acids is 1. The molecule has 2 aliphatic rings. The number of nitrogens with two attached hydrogens (primary N) is 2. The van der Waals surface area contributed by atoms with Crippen LogP contribution in [-0.4, -0.2) is 37.2 Å². The number of Topliss-reactive ketones (excluding diaryl/α,β-unsaturated/α-hetero) is 1. The predicted octanol–water partition coefficient (Wildman–Crippen LogP) is 0.272. The SMILES string of the molecule is Nc1ccc2c(c1)C(=O)CC1(CCN(S(N)(=O)=O)CC1)O2. The zero-order valence-corrected chi connectivity index (χ0v) is 12.2. The summed E-state index contributed by atoms with van der Waals surface area (Å²) >= 11 is 0. The maximum atomic E-state index is 12.3. The van der Waals surface area contributed by atoms with Crippen molar-refractivity contribution in [3.8, 4) is 5.75 Å². The molecule has 0 amide bonds. The Balaban J connectivity index is 1.84. The van der Waals surface area contributed by atoms with E-state index in [-0.39, 0.29) is 25.3 Å². The van der Waals surface area contributed by atoms with Gasteiger partial charge in [0.2, 0.25) is 0 Å². The maximum Gasteiger partial charge on any atom is 0.276 e. The predicted molar refractivity (Wildman–Crippen MR) is 77.1 cm³/mol. The highest BCUT2D eigenvalue weighted by Gasteiger charge is 2.44. The number of ketones is 1. The highest BCUT2D eigenvalue weighted by molar-refractivity contribution is 7.86. The van der Waals surface area contributed by atoms with Crippen LogP contribution in [0.15, 0.2) is 18.2 Å². The number of piperidine rings is 1. The molecular weight excluding hydrogens is 294 g/mol. The number of ether oxygens (including phenoxy) is 1. The summed E-state index contributed by atoms with van der Waals surface area (Å²) in [6, 6.07) is 4.99. The molecule has 2 heterocycles. The topological polar surface area (TPSA) is 116 Å². The van der Waals surface area contributed by atoms with Crippen LogP contribution in [0.2, 0.25) is 0 Å². The monoisotopic (exact) mass is 311 g/mol. The molecule has 114 valence electrons. The first-order valence-electron chi connectivity index (χ1n) is 6.69. The molecule has 1 spiro atoms. The van der Waals surface area contributed by atoms with Gasteiger partial charge < -0.3 is 10.5 Å². The first kappa shape index (κ1) is 14.3. The third-order valence-electron chi connectivity index (χ3n) is 4.11. The average molecular weight is 311 g/mol. The van der Waals surface area contributed by atoms with E-state index in [1.54, 1.807) is 18.2 Å². The lowest BCUT2D eigenvalue weighted by Crippen LogP contribution is -2.53. The minimum atomic E-state index is -3.68. The zero-order chi connectivity index (χ0) is 15.3. The van der Waals surface area contributed by atoms with Gasteiger partial charge in [-0.05, 0) is 18.2 Å². The van der Waals surface area contributed by atoms with Crippen molar-refractivity contribution in [2.45, 2.75) is 24.9 Å². The van der Waals surface area contributed by atoms with Crippen LogP contribution in [0.25, 0.3) is 0 Å². The molecule has 0 unspecified atom stereocenters. The van der Waals surface area contributed by atoms with Gasteiger partial charge in [-0.25, -0.2) is 5.14 Å². The largest absolute Gasteiger partial charge is 0.486 e. The fraction of sp³-hybridized carbons (Fsp3) is 0.462. The Hall–Kier alpha value is -1.64. The molecule has 1 fully saturated rings. The third kappa shape index (κ3) is 2.61. The minimum absolute atomic E-state index is 0.0207. The van der Waals surface area contributed by atoms with Crippen molar-refractivity contribution in [1.29, 1.82) is 0 Å². The van der Waals surface area contributed by atoms with Crippen molar-refractivity contribution >= 4 is 21.7 Å². The minimum Gasteiger partial charge on any atom is -0.486 e. The van der Waals surface area contributed by atoms with Gasteiger partial charge in [-0.15, -0.1) is 0 Å². The van der Waals surface area contributed by atoms with Crippen LogP contribution in [-0.2, 0) is 10.2 Å². The molecule has 2 aliphatic heterocycles. The van der Waals surface area contributed by atoms with Gasteiger partial charge in [0.25, 0.3) is 10.2 Å². The summed E-state index contributed by atoms with van der Waals surface area (Å²) in [5.74, 6) is 0.497. The van der Waals surface area contributed by atoms with Gasteiger partial charge in [0.15, 0.2) is 5.78 Å². The lowest BCUT2D eigenvalue weighted by atomic mass is 9.83. The van der Waals surface area contributed by atoms with Crippen LogP contribution in [0, 0.1) is 0 Å². The quantitative estimate of drug-likeness (QED) is 0.722. The number of nitrogen functional groups attached to an aromatic ring is 1. The second-order valence-electron chi connectivity index (χ2n) is 5.58. The van der Waals surface area contributed by atoms with E-state index in [1.807, 2.05) is 0 Å². The van der Waals surface area contributed by atoms with E-state index in [1.165, 1.54) is 4.31 Å². The van der Waals surface area contributed by atoms with E-state index >= 15 is 0 Å². The van der Waals surface area contributed by atoms with Gasteiger partial charge in [0.1, 0.15) is 11.4 Å². The van der Waals surface area contributed by atoms with Crippen LogP contribution in [0.4, 0.5) is 5.69 Å². The van der Waals surface area contributed by atoms with Gasteiger partial charge >= 0.3 is 0 Å². The first-order valence-corrected chi connectivity index (χ1v) is 8.19. The number of hydrogen-bond donors (Lipinski definition) is 2. The average Bonchev–Trinajstić information content (AvgIpc) is 2.39. The second kappa shape index (κ2) is 4.69. The molecule has 0 aliphatic carbocycles. The standard InChI is InChI=1S/C13H17N3O4S/c14-9-1-2-12-10(7-9)11(17)8-13(20-12)3-5-16(6-4-13)21(15,18)19/h1-2,7H,3-6,8,14H2,(H2,15,18,19). The van der Waals surface area contributed by atoms with Gasteiger partial charge in [-0.3, -0.25) is 4.79 Å². The summed E-state index contributed by atoms with van der Waals surface area (Å²) < 4.78 is 29.9. The molecular formula is C13H17N3O4S. The number of carbonyl (C=O) groups is 1. The number of nitrogens with zero attached hydrogens (tertiary/aromatic N) is 1. The molecule has 0 radical (unpaired) electrons. The van der Waals surface area contributed by atoms with Crippen molar-refractivity contribution < 1.29 is 17.9 Å². The molecule has 1 aromatic carbocycles. The molecule has 0 bridgehead atoms. The van der Waals surface area contributed by atoms with Crippen LogP contribution < -0.4 is 15.6 Å². The number of hydrogen-bond acceptors (Lipinski definition) is 5. The molecule has 0 aromatic heterocycles. The molecule has 7 nitrogen and oxygen atoms in total. The summed E-state index contributed by atoms with van der Waals surface area (Å²) in [5.41, 5.74) is 6.06. The van der Waals surface area contributed by atoms with Crippen LogP contribution in [0.3, 0.4) is 0 Å². The van der Waals surface area contributed by atoms with Gasteiger partial charge in [-0.1, -0.05) is 0 Å². The molecule has 1 aromatic rings. The Morgan fingerprint density at radius 2 is 1.90 bits per heavy atom. The highest BCUT2D eigenvalue weighted by atomic mass is 32.2. The number of rotatable bonds is 1. The fourth-order valence-electron chi connectivity index (χ4n) is 2.94. The molecule has 3 rings (SSSR count). The van der Waals surface area contributed by atoms with E-state index in [0.29, 0.717) is 29.8 Å². The number of benzene rings is 1. The molecule has 0 atom stereocenters. The van der Waals surface area contributed by atoms with Gasteiger partial charge in [0.05, 0.1) is 12.0 Å². The summed E-state index contributed by atoms with van der Waals surface area (Å²) in [6.07, 6.45) is 1.12. The van der Waals surface area contributed by atoms with E-state index in [9.17, 15) is 13.2 Å². The van der Waals surface area contributed by atoms with E-state index < -0.39 is 15.8 Å². The van der Waals surface area contributed by atoms with Gasteiger partial charge in [-0.2, -0.15) is 12.7 Å². The Bertz CT molecular complexity index is 693. The van der Waals surface area contributed by atoms with Crippen molar-refractivity contribution in [2.24, 2.45) is 5.14 Å². The van der Waals surface area contributed by atoms with Gasteiger partial charge in [0, 0.05) is 31.6 Å². The van der Waals surface area contributed by atoms with Crippen LogP contribution >= 0.6 is 0 Å². The van der Waals surface area contributed by atoms with E-state index in [2.05, 4.69) is 0 Å². The Morgan fingerprint density at radius 1 is 1.24 bits per heavy atom. The van der Waals surface area contributed by atoms with E-state index in [0.717, 1.165) is 0 Å². The molecule has 8 heteroatoms. The summed E-state index contributed by atoms with van der Waals surface area (Å²) in [5, 5.41) is 5.13. The van der Waals surface area contributed by atoms with Crippen LogP contribution in [0.5, 0.6) is 5.75 Å². The van der Waals surface area contributed by atoms with Crippen molar-refractivity contribution in [3.05, 3.63) is 23.8 Å². The molecule has 1 saturated heterocycles. The number of anilines is 1. The fourth-order valence-corrected chi connectivity index (χ4v) is 3.63. The third-order valence-corrected chi connectivity index (χ3v) is 5.19. The lowest BCUT2D eigenvalue weighted by molar-refractivity contribution is 0.00594. The van der Waals surface area contributed by atoms with E-state index in [4.69, 9.17) is 15.6 Å². The summed E-state index contributed by atoms with van der Waals surface area (Å²) in [4.78, 5) is 12.3. The maximum absolute atomic E-state index is 12.3. The molecule has 4 N–H and O–H groups in total. The summed E-state index contributed by atoms with van der Waals surface area (Å²) in [7, 11) is -3.68. The van der Waals surface area contributed by atoms with Crippen molar-refractivity contribution in [2.75, 3.05) is 18.8 Å². The molecule has 0 saturated carbocycles. The van der Waals surface area contributed by atoms with Crippen LogP contribution in [0.1, 0.15) is 29.6 Å². The van der Waals surface area contributed by atoms with Crippen molar-refractivity contribution in [3.63, 3.8) is 0 Å². The number of fused-ring (bicyclic) bond motifs is 1. The summed E-state index contributed by atoms with van der Waals surface area (Å²) in [6.45, 7) is 0.521. The normalized spacial score (nSPS) is 21.9. The Kier molecular flexibility index (Phi) is 3.19. The molecule has 21 heavy (non-hydrogen) atoms. The Labute approximate surface area is 123 Å². The van der Waals surface area contributed by atoms with Crippen molar-refractivity contribution in [1.82, 2.24) is 4.31 Å². The highest BCUT2D eigenvalue weighted by Crippen LogP contribution is 2.40.